The average Bonchev–Trinajstić information content (AvgIpc) is 3.67. The Hall–Kier alpha value is -7.94. The molecule has 2 heteroatoms. The van der Waals surface area contributed by atoms with E-state index in [1.165, 1.54) is 49.4 Å². The predicted octanol–water partition coefficient (Wildman–Crippen LogP) is 16.1. The van der Waals surface area contributed by atoms with Gasteiger partial charge in [-0.25, -0.2) is 0 Å². The summed E-state index contributed by atoms with van der Waals surface area (Å²) >= 11 is 0. The zero-order chi connectivity index (χ0) is 39.8. The lowest BCUT2D eigenvalue weighted by atomic mass is 9.91. The molecule has 0 bridgehead atoms. The van der Waals surface area contributed by atoms with Crippen LogP contribution in [0, 0.1) is 0 Å². The molecule has 11 aromatic rings. The molecule has 0 fully saturated rings. The highest BCUT2D eigenvalue weighted by Gasteiger charge is 2.26. The second-order valence-corrected chi connectivity index (χ2v) is 15.2. The average molecular weight is 765 g/mol. The third kappa shape index (κ3) is 6.06. The summed E-state index contributed by atoms with van der Waals surface area (Å²) in [5, 5.41) is 4.82. The van der Waals surface area contributed by atoms with E-state index in [-0.39, 0.29) is 0 Å². The van der Waals surface area contributed by atoms with Crippen LogP contribution in [0.3, 0.4) is 0 Å². The number of hydrogen-bond donors (Lipinski definition) is 0. The van der Waals surface area contributed by atoms with Crippen LogP contribution in [-0.4, -0.2) is 4.57 Å². The van der Waals surface area contributed by atoms with E-state index < -0.39 is 0 Å². The summed E-state index contributed by atoms with van der Waals surface area (Å²) in [5.74, 6) is 0. The van der Waals surface area contributed by atoms with Crippen LogP contribution in [-0.2, 0) is 0 Å². The molecule has 0 aliphatic carbocycles. The SMILES string of the molecule is c1ccc(-c2ccc(N(c3c(-c4ccccc4)cccc3-c3cccc4ccccc34)c3cccc4c3c3ccccc3n4-c3ccccc3-c3ccccc3)cc2)cc1. The van der Waals surface area contributed by atoms with Gasteiger partial charge < -0.3 is 9.47 Å². The predicted molar refractivity (Wildman–Crippen MR) is 255 cm³/mol. The van der Waals surface area contributed by atoms with E-state index in [9.17, 15) is 0 Å². The monoisotopic (exact) mass is 764 g/mol. The van der Waals surface area contributed by atoms with Crippen LogP contribution in [0.2, 0.25) is 0 Å². The standard InChI is InChI=1S/C58H40N2/c1-4-19-41(20-5-1)42-37-39-46(40-38-42)59(58-49(45-23-8-3-9-24-45)30-17-32-51(58)50-31-16-26-43-25-10-11-27-47(43)50)55-35-18-36-56-57(55)52-29-13-15-34-54(52)60(56)53-33-14-12-28-48(53)44-21-6-2-7-22-44/h1-40H. The Morgan fingerprint density at radius 2 is 0.800 bits per heavy atom. The number of anilines is 3. The number of rotatable bonds is 8. The van der Waals surface area contributed by atoms with Crippen LogP contribution in [0.4, 0.5) is 17.1 Å². The van der Waals surface area contributed by atoms with Crippen molar-refractivity contribution in [3.8, 4) is 50.2 Å². The van der Waals surface area contributed by atoms with Gasteiger partial charge in [-0.2, -0.15) is 0 Å². The van der Waals surface area contributed by atoms with Crippen LogP contribution in [0.1, 0.15) is 0 Å². The maximum Gasteiger partial charge on any atom is 0.0618 e. The lowest BCUT2D eigenvalue weighted by Crippen LogP contribution is -2.13. The first-order chi connectivity index (χ1) is 29.8. The third-order valence-corrected chi connectivity index (χ3v) is 11.8. The van der Waals surface area contributed by atoms with Gasteiger partial charge in [-0.3, -0.25) is 0 Å². The summed E-state index contributed by atoms with van der Waals surface area (Å²) in [6, 6.07) is 88.0. The van der Waals surface area contributed by atoms with E-state index in [1.807, 2.05) is 0 Å². The van der Waals surface area contributed by atoms with E-state index in [2.05, 4.69) is 252 Å². The summed E-state index contributed by atoms with van der Waals surface area (Å²) in [6.07, 6.45) is 0. The number of nitrogens with zero attached hydrogens (tertiary/aromatic N) is 2. The van der Waals surface area contributed by atoms with Gasteiger partial charge in [0.05, 0.1) is 28.1 Å². The van der Waals surface area contributed by atoms with Crippen molar-refractivity contribution >= 4 is 49.6 Å². The van der Waals surface area contributed by atoms with Gasteiger partial charge in [0.15, 0.2) is 0 Å². The van der Waals surface area contributed by atoms with E-state index in [0.717, 1.165) is 50.5 Å². The molecular weight excluding hydrogens is 725 g/mol. The van der Waals surface area contributed by atoms with Gasteiger partial charge in [-0.1, -0.05) is 206 Å². The molecule has 0 atom stereocenters. The van der Waals surface area contributed by atoms with Gasteiger partial charge in [-0.05, 0) is 75.0 Å². The van der Waals surface area contributed by atoms with Gasteiger partial charge in [0, 0.05) is 33.2 Å². The number of fused-ring (bicyclic) bond motifs is 4. The summed E-state index contributed by atoms with van der Waals surface area (Å²) in [6.45, 7) is 0. The second-order valence-electron chi connectivity index (χ2n) is 15.2. The molecule has 0 radical (unpaired) electrons. The highest BCUT2D eigenvalue weighted by atomic mass is 15.2. The molecule has 0 aliphatic heterocycles. The van der Waals surface area contributed by atoms with Gasteiger partial charge in [0.25, 0.3) is 0 Å². The maximum absolute atomic E-state index is 2.52. The van der Waals surface area contributed by atoms with Crippen LogP contribution < -0.4 is 4.90 Å². The Morgan fingerprint density at radius 3 is 1.57 bits per heavy atom. The highest BCUT2D eigenvalue weighted by molar-refractivity contribution is 6.18. The fraction of sp³-hybridized carbons (Fsp3) is 0. The summed E-state index contributed by atoms with van der Waals surface area (Å²) in [7, 11) is 0. The molecular formula is C58H40N2. The van der Waals surface area contributed by atoms with Crippen molar-refractivity contribution in [3.05, 3.63) is 243 Å². The Bertz CT molecular complexity index is 3290. The number of benzene rings is 10. The third-order valence-electron chi connectivity index (χ3n) is 11.8. The molecule has 282 valence electrons. The minimum absolute atomic E-state index is 1.08. The lowest BCUT2D eigenvalue weighted by molar-refractivity contribution is 1.18. The fourth-order valence-electron chi connectivity index (χ4n) is 9.11. The smallest absolute Gasteiger partial charge is 0.0618 e. The van der Waals surface area contributed by atoms with Crippen molar-refractivity contribution in [1.82, 2.24) is 4.57 Å². The van der Waals surface area contributed by atoms with Crippen molar-refractivity contribution in [2.75, 3.05) is 4.90 Å². The summed E-state index contributed by atoms with van der Waals surface area (Å²) in [5.41, 5.74) is 16.2. The molecule has 60 heavy (non-hydrogen) atoms. The van der Waals surface area contributed by atoms with Gasteiger partial charge >= 0.3 is 0 Å². The zero-order valence-electron chi connectivity index (χ0n) is 33.0. The largest absolute Gasteiger partial charge is 0.309 e. The van der Waals surface area contributed by atoms with Crippen molar-refractivity contribution in [3.63, 3.8) is 0 Å². The first-order valence-electron chi connectivity index (χ1n) is 20.6. The minimum atomic E-state index is 1.08. The Morgan fingerprint density at radius 1 is 0.300 bits per heavy atom. The number of para-hydroxylation sites is 3. The minimum Gasteiger partial charge on any atom is -0.309 e. The summed E-state index contributed by atoms with van der Waals surface area (Å²) < 4.78 is 2.46. The molecule has 0 amide bonds. The zero-order valence-corrected chi connectivity index (χ0v) is 33.0. The number of aromatic nitrogens is 1. The second kappa shape index (κ2) is 15.1. The van der Waals surface area contributed by atoms with Crippen LogP contribution in [0.5, 0.6) is 0 Å². The van der Waals surface area contributed by atoms with E-state index in [0.29, 0.717) is 0 Å². The Balaban J connectivity index is 1.25. The highest BCUT2D eigenvalue weighted by Crippen LogP contribution is 2.51. The molecule has 2 nitrogen and oxygen atoms in total. The van der Waals surface area contributed by atoms with E-state index in [4.69, 9.17) is 0 Å². The Kier molecular flexibility index (Phi) is 8.87. The lowest BCUT2D eigenvalue weighted by Gasteiger charge is -2.31. The molecule has 0 spiro atoms. The van der Waals surface area contributed by atoms with Crippen molar-refractivity contribution < 1.29 is 0 Å². The van der Waals surface area contributed by atoms with Gasteiger partial charge in [-0.15, -0.1) is 0 Å². The molecule has 0 saturated carbocycles. The molecule has 0 unspecified atom stereocenters. The van der Waals surface area contributed by atoms with Crippen molar-refractivity contribution in [2.24, 2.45) is 0 Å². The molecule has 1 aromatic heterocycles. The molecule has 0 aliphatic rings. The van der Waals surface area contributed by atoms with Crippen LogP contribution >= 0.6 is 0 Å². The fourth-order valence-corrected chi connectivity index (χ4v) is 9.11. The summed E-state index contributed by atoms with van der Waals surface area (Å²) in [4.78, 5) is 2.52. The maximum atomic E-state index is 2.52. The first kappa shape index (κ1) is 35.2. The van der Waals surface area contributed by atoms with Crippen LogP contribution in [0.15, 0.2) is 243 Å². The molecule has 10 aromatic carbocycles. The molecule has 11 rings (SSSR count). The van der Waals surface area contributed by atoms with E-state index >= 15 is 0 Å². The normalized spacial score (nSPS) is 11.3. The molecule has 0 saturated heterocycles. The topological polar surface area (TPSA) is 8.17 Å². The quantitative estimate of drug-likeness (QED) is 0.150. The van der Waals surface area contributed by atoms with Crippen molar-refractivity contribution in [2.45, 2.75) is 0 Å². The van der Waals surface area contributed by atoms with Crippen LogP contribution in [0.25, 0.3) is 82.8 Å². The van der Waals surface area contributed by atoms with Gasteiger partial charge in [0.2, 0.25) is 0 Å². The van der Waals surface area contributed by atoms with E-state index in [1.54, 1.807) is 0 Å². The van der Waals surface area contributed by atoms with Gasteiger partial charge in [0.1, 0.15) is 0 Å². The molecule has 0 N–H and O–H groups in total. The number of hydrogen-bond acceptors (Lipinski definition) is 1. The first-order valence-corrected chi connectivity index (χ1v) is 20.6. The Labute approximate surface area is 350 Å². The van der Waals surface area contributed by atoms with Crippen molar-refractivity contribution in [1.29, 1.82) is 0 Å². The molecule has 1 heterocycles.